The highest BCUT2D eigenvalue weighted by atomic mass is 35.5. The van der Waals surface area contributed by atoms with Crippen LogP contribution in [0, 0.1) is 11.8 Å². The third-order valence-electron chi connectivity index (χ3n) is 5.18. The van der Waals surface area contributed by atoms with Gasteiger partial charge in [-0.25, -0.2) is 9.78 Å². The fourth-order valence-corrected chi connectivity index (χ4v) is 4.78. The fourth-order valence-electron chi connectivity index (χ4n) is 3.54. The molecule has 5 rings (SSSR count). The molecule has 6 nitrogen and oxygen atoms in total. The Morgan fingerprint density at radius 2 is 1.74 bits per heavy atom. The number of hydrogen-bond donors (Lipinski definition) is 3. The normalized spacial score (nSPS) is 10.4. The van der Waals surface area contributed by atoms with Gasteiger partial charge in [-0.2, -0.15) is 0 Å². The molecule has 2 aromatic carbocycles. The Morgan fingerprint density at radius 3 is 2.51 bits per heavy atom. The molecule has 0 aliphatic carbocycles. The number of anilines is 3. The molecule has 2 amide bonds. The van der Waals surface area contributed by atoms with Crippen LogP contribution >= 0.6 is 22.9 Å². The molecule has 170 valence electrons. The molecule has 3 aromatic heterocycles. The van der Waals surface area contributed by atoms with Crippen molar-refractivity contribution in [3.63, 3.8) is 0 Å². The first-order valence-corrected chi connectivity index (χ1v) is 11.8. The van der Waals surface area contributed by atoms with E-state index in [0.29, 0.717) is 22.2 Å². The highest BCUT2D eigenvalue weighted by Gasteiger charge is 2.14. The van der Waals surface area contributed by atoms with Gasteiger partial charge < -0.3 is 16.4 Å². The number of nitrogens with two attached hydrogens (primary N) is 1. The van der Waals surface area contributed by atoms with Gasteiger partial charge in [-0.15, -0.1) is 11.3 Å². The van der Waals surface area contributed by atoms with Gasteiger partial charge in [0.15, 0.2) is 0 Å². The van der Waals surface area contributed by atoms with Crippen molar-refractivity contribution in [2.75, 3.05) is 16.4 Å². The number of nitrogens with zero attached hydrogens (tertiary/aromatic N) is 2. The molecule has 5 aromatic rings. The maximum absolute atomic E-state index is 12.3. The van der Waals surface area contributed by atoms with Gasteiger partial charge in [0.1, 0.15) is 5.82 Å². The minimum atomic E-state index is -0.355. The second-order valence-electron chi connectivity index (χ2n) is 7.56. The zero-order valence-corrected chi connectivity index (χ0v) is 19.8. The van der Waals surface area contributed by atoms with E-state index in [2.05, 4.69) is 37.8 Å². The van der Waals surface area contributed by atoms with Crippen LogP contribution in [-0.2, 0) is 0 Å². The number of nitrogens with one attached hydrogen (secondary N) is 2. The highest BCUT2D eigenvalue weighted by Crippen LogP contribution is 2.38. The van der Waals surface area contributed by atoms with Crippen LogP contribution in [0.15, 0.2) is 84.6 Å². The number of fused-ring (bicyclic) bond motifs is 1. The highest BCUT2D eigenvalue weighted by molar-refractivity contribution is 7.18. The summed E-state index contributed by atoms with van der Waals surface area (Å²) < 4.78 is 0.983. The lowest BCUT2D eigenvalue weighted by Crippen LogP contribution is -2.19. The van der Waals surface area contributed by atoms with Gasteiger partial charge in [0.25, 0.3) is 0 Å². The molecule has 0 spiro atoms. The first-order chi connectivity index (χ1) is 17.1. The molecule has 0 aliphatic rings. The first kappa shape index (κ1) is 22.4. The quantitative estimate of drug-likeness (QED) is 0.245. The molecule has 0 saturated heterocycles. The molecule has 4 N–H and O–H groups in total. The number of hydrogen-bond acceptors (Lipinski definition) is 5. The van der Waals surface area contributed by atoms with Crippen LogP contribution in [-0.4, -0.2) is 16.0 Å². The second kappa shape index (κ2) is 9.85. The Labute approximate surface area is 210 Å². The number of amides is 2. The van der Waals surface area contributed by atoms with Gasteiger partial charge >= 0.3 is 6.03 Å². The SMILES string of the molecule is Nc1ncc(C#Cc2ccncc2)c2scc(-c3ccc(NC(=O)Nc4cccc(Cl)c4)cc3)c12. The van der Waals surface area contributed by atoms with E-state index in [1.54, 1.807) is 54.2 Å². The van der Waals surface area contributed by atoms with Crippen molar-refractivity contribution in [1.29, 1.82) is 0 Å². The molecule has 35 heavy (non-hydrogen) atoms. The van der Waals surface area contributed by atoms with Crippen LogP contribution in [0.5, 0.6) is 0 Å². The Bertz CT molecular complexity index is 1590. The summed E-state index contributed by atoms with van der Waals surface area (Å²) >= 11 is 7.55. The summed E-state index contributed by atoms with van der Waals surface area (Å²) in [7, 11) is 0. The van der Waals surface area contributed by atoms with Crippen molar-refractivity contribution in [3.8, 4) is 23.0 Å². The monoisotopic (exact) mass is 495 g/mol. The topological polar surface area (TPSA) is 92.9 Å². The van der Waals surface area contributed by atoms with Gasteiger partial charge in [0.05, 0.1) is 10.3 Å². The van der Waals surface area contributed by atoms with E-state index in [1.165, 1.54) is 0 Å². The van der Waals surface area contributed by atoms with Crippen LogP contribution in [0.3, 0.4) is 0 Å². The number of pyridine rings is 2. The lowest BCUT2D eigenvalue weighted by Gasteiger charge is -2.09. The zero-order chi connectivity index (χ0) is 24.2. The van der Waals surface area contributed by atoms with Crippen LogP contribution in [0.1, 0.15) is 11.1 Å². The number of nitrogen functional groups attached to an aromatic ring is 1. The van der Waals surface area contributed by atoms with E-state index >= 15 is 0 Å². The number of thiophene rings is 1. The molecule has 0 unspecified atom stereocenters. The second-order valence-corrected chi connectivity index (χ2v) is 8.88. The third-order valence-corrected chi connectivity index (χ3v) is 6.43. The number of carbonyl (C=O) groups excluding carboxylic acids is 1. The molecule has 0 radical (unpaired) electrons. The number of benzene rings is 2. The summed E-state index contributed by atoms with van der Waals surface area (Å²) in [5.74, 6) is 6.80. The Morgan fingerprint density at radius 1 is 0.971 bits per heavy atom. The van der Waals surface area contributed by atoms with Crippen LogP contribution in [0.25, 0.3) is 21.2 Å². The Balaban J connectivity index is 1.38. The minimum Gasteiger partial charge on any atom is -0.383 e. The number of rotatable bonds is 3. The smallest absolute Gasteiger partial charge is 0.323 e. The summed E-state index contributed by atoms with van der Waals surface area (Å²) in [5, 5.41) is 9.06. The molecule has 0 aliphatic heterocycles. The third kappa shape index (κ3) is 5.09. The molecular weight excluding hydrogens is 478 g/mol. The van der Waals surface area contributed by atoms with E-state index < -0.39 is 0 Å². The molecular formula is C27H18ClN5OS. The predicted molar refractivity (Wildman–Crippen MR) is 144 cm³/mol. The predicted octanol–water partition coefficient (Wildman–Crippen LogP) is 6.64. The standard InChI is InChI=1S/C27H18ClN5OS/c28-20-2-1-3-22(14-20)33-27(34)32-21-8-6-18(7-9-21)23-16-35-25-19(15-31-26(29)24(23)25)5-4-17-10-12-30-13-11-17/h1-3,6-16H,(H2,29,31)(H2,32,33,34). The van der Waals surface area contributed by atoms with Crippen molar-refractivity contribution in [2.24, 2.45) is 0 Å². The fraction of sp³-hybridized carbons (Fsp3) is 0. The van der Waals surface area contributed by atoms with Crippen molar-refractivity contribution >= 4 is 56.2 Å². The average molecular weight is 496 g/mol. The molecule has 0 bridgehead atoms. The minimum absolute atomic E-state index is 0.355. The maximum atomic E-state index is 12.3. The summed E-state index contributed by atoms with van der Waals surface area (Å²) in [6, 6.07) is 17.9. The van der Waals surface area contributed by atoms with Gasteiger partial charge in [-0.3, -0.25) is 4.98 Å². The van der Waals surface area contributed by atoms with Crippen LogP contribution in [0.2, 0.25) is 5.02 Å². The van der Waals surface area contributed by atoms with Gasteiger partial charge in [0, 0.05) is 51.5 Å². The average Bonchev–Trinajstić information content (AvgIpc) is 3.31. The first-order valence-electron chi connectivity index (χ1n) is 10.6. The molecule has 0 fully saturated rings. The van der Waals surface area contributed by atoms with E-state index in [-0.39, 0.29) is 6.03 Å². The summed E-state index contributed by atoms with van der Waals surface area (Å²) in [4.78, 5) is 20.7. The zero-order valence-electron chi connectivity index (χ0n) is 18.2. The Kier molecular flexibility index (Phi) is 6.31. The number of urea groups is 1. The van der Waals surface area contributed by atoms with Gasteiger partial charge in [-0.05, 0) is 53.4 Å². The van der Waals surface area contributed by atoms with Gasteiger partial charge in [-0.1, -0.05) is 41.6 Å². The summed E-state index contributed by atoms with van der Waals surface area (Å²) in [6.45, 7) is 0. The van der Waals surface area contributed by atoms with Gasteiger partial charge in [0.2, 0.25) is 0 Å². The van der Waals surface area contributed by atoms with Crippen molar-refractivity contribution in [2.45, 2.75) is 0 Å². The lowest BCUT2D eigenvalue weighted by molar-refractivity contribution is 0.262. The Hall–Kier alpha value is -4.38. The molecule has 8 heteroatoms. The van der Waals surface area contributed by atoms with Crippen LogP contribution in [0.4, 0.5) is 22.0 Å². The van der Waals surface area contributed by atoms with E-state index in [4.69, 9.17) is 17.3 Å². The van der Waals surface area contributed by atoms with E-state index in [1.807, 2.05) is 36.4 Å². The summed E-state index contributed by atoms with van der Waals surface area (Å²) in [6.07, 6.45) is 5.13. The van der Waals surface area contributed by atoms with Crippen molar-refractivity contribution in [3.05, 3.63) is 101 Å². The van der Waals surface area contributed by atoms with Crippen molar-refractivity contribution in [1.82, 2.24) is 9.97 Å². The van der Waals surface area contributed by atoms with Crippen molar-refractivity contribution < 1.29 is 4.79 Å². The number of halogens is 1. The number of aromatic nitrogens is 2. The molecule has 3 heterocycles. The van der Waals surface area contributed by atoms with E-state index in [0.717, 1.165) is 32.3 Å². The largest absolute Gasteiger partial charge is 0.383 e. The van der Waals surface area contributed by atoms with E-state index in [9.17, 15) is 4.79 Å². The number of carbonyl (C=O) groups is 1. The maximum Gasteiger partial charge on any atom is 0.323 e. The molecule has 0 atom stereocenters. The summed E-state index contributed by atoms with van der Waals surface area (Å²) in [5.41, 5.74) is 11.2. The molecule has 0 saturated carbocycles. The van der Waals surface area contributed by atoms with Crippen LogP contribution < -0.4 is 16.4 Å². The lowest BCUT2D eigenvalue weighted by atomic mass is 10.0.